The lowest BCUT2D eigenvalue weighted by molar-refractivity contribution is -0.923. The summed E-state index contributed by atoms with van der Waals surface area (Å²) in [6, 6.07) is 10.7. The molecule has 1 unspecified atom stereocenters. The van der Waals surface area contributed by atoms with Crippen LogP contribution in [0, 0.1) is 0 Å². The molecule has 24 heavy (non-hydrogen) atoms. The minimum atomic E-state index is 0. The van der Waals surface area contributed by atoms with E-state index in [-0.39, 0.29) is 19.0 Å². The van der Waals surface area contributed by atoms with E-state index in [1.165, 1.54) is 69.9 Å². The molecule has 0 aliphatic carbocycles. The Labute approximate surface area is 156 Å². The molecule has 1 aromatic rings. The largest absolute Gasteiger partial charge is 1.00 e. The van der Waals surface area contributed by atoms with E-state index in [0.717, 1.165) is 17.6 Å². The summed E-state index contributed by atoms with van der Waals surface area (Å²) in [7, 11) is 2.29. The fourth-order valence-corrected chi connectivity index (χ4v) is 3.34. The molecule has 1 atom stereocenters. The first-order chi connectivity index (χ1) is 11.2. The lowest BCUT2D eigenvalue weighted by atomic mass is 10.1. The Kier molecular flexibility index (Phi) is 14.4. The normalized spacial score (nSPS) is 13.3. The van der Waals surface area contributed by atoms with Gasteiger partial charge in [-0.2, -0.15) is 0 Å². The molecular weight excluding hydrogens is 318 g/mol. The van der Waals surface area contributed by atoms with E-state index < -0.39 is 0 Å². The Balaban J connectivity index is 0.00000529. The van der Waals surface area contributed by atoms with Crippen LogP contribution >= 0.6 is 0 Å². The van der Waals surface area contributed by atoms with Crippen molar-refractivity contribution in [3.63, 3.8) is 0 Å². The molecule has 0 heterocycles. The van der Waals surface area contributed by atoms with Gasteiger partial charge in [0.1, 0.15) is 13.1 Å². The van der Waals surface area contributed by atoms with Crippen LogP contribution in [0.25, 0.3) is 0 Å². The van der Waals surface area contributed by atoms with Gasteiger partial charge in [0.15, 0.2) is 0 Å². The molecular formula is C21H38ClNO. The Morgan fingerprint density at radius 2 is 1.33 bits per heavy atom. The van der Waals surface area contributed by atoms with E-state index in [4.69, 9.17) is 0 Å². The average Bonchev–Trinajstić information content (AvgIpc) is 2.54. The van der Waals surface area contributed by atoms with Crippen molar-refractivity contribution in [1.29, 1.82) is 0 Å². The number of hydrogen-bond acceptors (Lipinski definition) is 1. The molecule has 0 aliphatic rings. The molecule has 0 saturated heterocycles. The van der Waals surface area contributed by atoms with Gasteiger partial charge in [0, 0.05) is 5.56 Å². The molecule has 0 bridgehead atoms. The molecule has 0 amide bonds. The zero-order valence-electron chi connectivity index (χ0n) is 15.9. The highest BCUT2D eigenvalue weighted by Crippen LogP contribution is 2.15. The average molecular weight is 356 g/mol. The summed E-state index contributed by atoms with van der Waals surface area (Å²) in [5, 5.41) is 9.41. The van der Waals surface area contributed by atoms with Gasteiger partial charge in [0.05, 0.1) is 20.2 Å². The molecule has 1 aromatic carbocycles. The minimum Gasteiger partial charge on any atom is -1.00 e. The van der Waals surface area contributed by atoms with Gasteiger partial charge in [-0.15, -0.1) is 0 Å². The first kappa shape index (κ1) is 23.4. The van der Waals surface area contributed by atoms with E-state index in [2.05, 4.69) is 44.3 Å². The van der Waals surface area contributed by atoms with Gasteiger partial charge in [-0.25, -0.2) is 0 Å². The molecule has 2 nitrogen and oxygen atoms in total. The third kappa shape index (κ3) is 11.1. The van der Waals surface area contributed by atoms with E-state index in [0.29, 0.717) is 0 Å². The SMILES string of the molecule is CCCCCCCCCCC[N+](C)(CCO)Cc1ccccc1.[Cl-]. The Morgan fingerprint density at radius 3 is 1.88 bits per heavy atom. The van der Waals surface area contributed by atoms with E-state index in [1.54, 1.807) is 0 Å². The zero-order chi connectivity index (χ0) is 16.8. The van der Waals surface area contributed by atoms with Crippen molar-refractivity contribution in [3.05, 3.63) is 35.9 Å². The number of aliphatic hydroxyl groups excluding tert-OH is 1. The summed E-state index contributed by atoms with van der Waals surface area (Å²) >= 11 is 0. The lowest BCUT2D eigenvalue weighted by Gasteiger charge is -2.34. The summed E-state index contributed by atoms with van der Waals surface area (Å²) in [5.74, 6) is 0. The van der Waals surface area contributed by atoms with Gasteiger partial charge in [-0.3, -0.25) is 0 Å². The molecule has 1 N–H and O–H groups in total. The Bertz CT molecular complexity index is 385. The fourth-order valence-electron chi connectivity index (χ4n) is 3.34. The Morgan fingerprint density at radius 1 is 0.792 bits per heavy atom. The first-order valence-corrected chi connectivity index (χ1v) is 9.68. The molecule has 1 rings (SSSR count). The molecule has 3 heteroatoms. The summed E-state index contributed by atoms with van der Waals surface area (Å²) in [4.78, 5) is 0. The van der Waals surface area contributed by atoms with Crippen molar-refractivity contribution in [1.82, 2.24) is 0 Å². The lowest BCUT2D eigenvalue weighted by Crippen LogP contribution is -3.00. The van der Waals surface area contributed by atoms with Crippen molar-refractivity contribution in [2.45, 2.75) is 71.3 Å². The van der Waals surface area contributed by atoms with E-state index in [9.17, 15) is 5.11 Å². The summed E-state index contributed by atoms with van der Waals surface area (Å²) in [6.07, 6.45) is 12.4. The standard InChI is InChI=1S/C21H38NO.ClH/c1-3-4-5-6-7-8-9-10-14-17-22(2,18-19-23)20-21-15-12-11-13-16-21;/h11-13,15-16,23H,3-10,14,17-20H2,1-2H3;1H/q+1;/p-1. The monoisotopic (exact) mass is 355 g/mol. The second-order valence-corrected chi connectivity index (χ2v) is 7.26. The Hall–Kier alpha value is -0.570. The van der Waals surface area contributed by atoms with Crippen LogP contribution in [0.2, 0.25) is 0 Å². The second-order valence-electron chi connectivity index (χ2n) is 7.26. The number of hydrogen-bond donors (Lipinski definition) is 1. The van der Waals surface area contributed by atoms with Crippen LogP contribution in [0.4, 0.5) is 0 Å². The zero-order valence-corrected chi connectivity index (χ0v) is 16.6. The van der Waals surface area contributed by atoms with E-state index in [1.807, 2.05) is 0 Å². The quantitative estimate of drug-likeness (QED) is 0.400. The van der Waals surface area contributed by atoms with Crippen molar-refractivity contribution < 1.29 is 22.0 Å². The van der Waals surface area contributed by atoms with Crippen molar-refractivity contribution >= 4 is 0 Å². The molecule has 0 aliphatic heterocycles. The fraction of sp³-hybridized carbons (Fsp3) is 0.714. The molecule has 0 radical (unpaired) electrons. The molecule has 0 saturated carbocycles. The number of unbranched alkanes of at least 4 members (excludes halogenated alkanes) is 8. The summed E-state index contributed by atoms with van der Waals surface area (Å²) in [5.41, 5.74) is 1.37. The number of benzene rings is 1. The smallest absolute Gasteiger partial charge is 0.104 e. The van der Waals surface area contributed by atoms with Crippen LogP contribution in [0.5, 0.6) is 0 Å². The second kappa shape index (κ2) is 14.7. The number of halogens is 1. The molecule has 0 aromatic heterocycles. The van der Waals surface area contributed by atoms with Crippen LogP contribution in [-0.4, -0.2) is 36.3 Å². The molecule has 0 spiro atoms. The summed E-state index contributed by atoms with van der Waals surface area (Å²) in [6.45, 7) is 5.60. The summed E-state index contributed by atoms with van der Waals surface area (Å²) < 4.78 is 0.955. The van der Waals surface area contributed by atoms with Gasteiger partial charge in [-0.05, 0) is 12.8 Å². The van der Waals surface area contributed by atoms with Gasteiger partial charge < -0.3 is 22.0 Å². The maximum atomic E-state index is 9.41. The van der Waals surface area contributed by atoms with E-state index >= 15 is 0 Å². The van der Waals surface area contributed by atoms with Crippen molar-refractivity contribution in [2.24, 2.45) is 0 Å². The van der Waals surface area contributed by atoms with Crippen LogP contribution in [0.15, 0.2) is 30.3 Å². The maximum absolute atomic E-state index is 9.41. The predicted molar refractivity (Wildman–Crippen MR) is 100 cm³/mol. The predicted octanol–water partition coefficient (Wildman–Crippen LogP) is 2.16. The topological polar surface area (TPSA) is 20.2 Å². The number of quaternary nitrogens is 1. The first-order valence-electron chi connectivity index (χ1n) is 9.68. The van der Waals surface area contributed by atoms with Gasteiger partial charge in [-0.1, -0.05) is 82.2 Å². The highest BCUT2D eigenvalue weighted by Gasteiger charge is 2.20. The minimum absolute atomic E-state index is 0. The van der Waals surface area contributed by atoms with Crippen LogP contribution in [-0.2, 0) is 6.54 Å². The van der Waals surface area contributed by atoms with Gasteiger partial charge in [0.2, 0.25) is 0 Å². The number of likely N-dealkylation sites (N-methyl/N-ethyl adjacent to an activating group) is 1. The third-order valence-corrected chi connectivity index (χ3v) is 4.85. The number of nitrogens with zero attached hydrogens (tertiary/aromatic N) is 1. The van der Waals surface area contributed by atoms with Crippen LogP contribution in [0.3, 0.4) is 0 Å². The number of rotatable bonds is 14. The third-order valence-electron chi connectivity index (χ3n) is 4.85. The van der Waals surface area contributed by atoms with Gasteiger partial charge in [0.25, 0.3) is 0 Å². The molecule has 0 fully saturated rings. The van der Waals surface area contributed by atoms with Crippen LogP contribution < -0.4 is 12.4 Å². The maximum Gasteiger partial charge on any atom is 0.104 e. The van der Waals surface area contributed by atoms with Crippen molar-refractivity contribution in [3.8, 4) is 0 Å². The molecule has 140 valence electrons. The highest BCUT2D eigenvalue weighted by molar-refractivity contribution is 5.13. The highest BCUT2D eigenvalue weighted by atomic mass is 35.5. The number of aliphatic hydroxyl groups is 1. The van der Waals surface area contributed by atoms with Gasteiger partial charge >= 0.3 is 0 Å². The van der Waals surface area contributed by atoms with Crippen molar-refractivity contribution in [2.75, 3.05) is 26.7 Å². The van der Waals surface area contributed by atoms with Crippen LogP contribution in [0.1, 0.15) is 70.3 Å².